The van der Waals surface area contributed by atoms with E-state index in [2.05, 4.69) is 15.7 Å². The van der Waals surface area contributed by atoms with Crippen LogP contribution in [0.5, 0.6) is 0 Å². The Balaban J connectivity index is 2.07. The van der Waals surface area contributed by atoms with Crippen molar-refractivity contribution in [3.8, 4) is 0 Å². The maximum Gasteiger partial charge on any atom is 0.255 e. The molecular weight excluding hydrogens is 260 g/mol. The predicted octanol–water partition coefficient (Wildman–Crippen LogP) is 1.98. The van der Waals surface area contributed by atoms with Crippen molar-refractivity contribution in [3.05, 3.63) is 45.4 Å². The Morgan fingerprint density at radius 3 is 2.84 bits per heavy atom. The molecule has 0 aromatic carbocycles. The number of hydrazine groups is 1. The number of carbonyl (C=O) groups is 1. The van der Waals surface area contributed by atoms with Crippen LogP contribution in [0.15, 0.2) is 24.4 Å². The molecule has 0 aliphatic rings. The van der Waals surface area contributed by atoms with Crippen LogP contribution in [-0.4, -0.2) is 10.9 Å². The molecule has 2 rings (SSSR count). The molecule has 19 heavy (non-hydrogen) atoms. The minimum absolute atomic E-state index is 0.188. The third kappa shape index (κ3) is 3.30. The number of pyridine rings is 1. The predicted molar refractivity (Wildman–Crippen MR) is 77.0 cm³/mol. The average molecular weight is 276 g/mol. The summed E-state index contributed by atoms with van der Waals surface area (Å²) in [7, 11) is 0. The zero-order valence-corrected chi connectivity index (χ0v) is 11.7. The van der Waals surface area contributed by atoms with Crippen molar-refractivity contribution in [2.24, 2.45) is 5.84 Å². The van der Waals surface area contributed by atoms with E-state index in [9.17, 15) is 4.79 Å². The van der Waals surface area contributed by atoms with E-state index in [-0.39, 0.29) is 5.91 Å². The molecule has 0 spiro atoms. The van der Waals surface area contributed by atoms with Crippen LogP contribution in [0, 0.1) is 13.8 Å². The molecule has 1 amide bonds. The van der Waals surface area contributed by atoms with E-state index in [0.29, 0.717) is 17.8 Å². The lowest BCUT2D eigenvalue weighted by Gasteiger charge is -2.09. The van der Waals surface area contributed by atoms with Crippen LogP contribution >= 0.6 is 11.3 Å². The number of aromatic nitrogens is 1. The molecule has 100 valence electrons. The van der Waals surface area contributed by atoms with Crippen molar-refractivity contribution in [1.82, 2.24) is 10.3 Å². The number of aryl methyl sites for hydroxylation is 2. The first-order valence-electron chi connectivity index (χ1n) is 5.87. The van der Waals surface area contributed by atoms with Crippen molar-refractivity contribution < 1.29 is 4.79 Å². The number of rotatable bonds is 4. The van der Waals surface area contributed by atoms with E-state index < -0.39 is 0 Å². The highest BCUT2D eigenvalue weighted by Gasteiger charge is 2.11. The van der Waals surface area contributed by atoms with Crippen LogP contribution in [-0.2, 0) is 6.54 Å². The fraction of sp³-hybridized carbons (Fsp3) is 0.231. The number of amides is 1. The van der Waals surface area contributed by atoms with Gasteiger partial charge < -0.3 is 10.7 Å². The summed E-state index contributed by atoms with van der Waals surface area (Å²) in [5.41, 5.74) is 4.35. The molecule has 0 aliphatic carbocycles. The van der Waals surface area contributed by atoms with E-state index in [1.807, 2.05) is 26.0 Å². The van der Waals surface area contributed by atoms with Crippen LogP contribution in [0.25, 0.3) is 0 Å². The number of nitrogens with two attached hydrogens (primary N) is 1. The van der Waals surface area contributed by atoms with Gasteiger partial charge in [0.25, 0.3) is 5.91 Å². The lowest BCUT2D eigenvalue weighted by atomic mass is 10.2. The van der Waals surface area contributed by atoms with E-state index >= 15 is 0 Å². The third-order valence-electron chi connectivity index (χ3n) is 2.66. The van der Waals surface area contributed by atoms with Crippen LogP contribution in [0.3, 0.4) is 0 Å². The SMILES string of the molecule is Cc1cc(NN)c(C(=O)NCc2ccc(C)s2)cn1. The number of nitrogen functional groups attached to an aromatic ring is 1. The van der Waals surface area contributed by atoms with Crippen LogP contribution in [0.1, 0.15) is 25.8 Å². The number of hydrogen-bond donors (Lipinski definition) is 3. The highest BCUT2D eigenvalue weighted by Crippen LogP contribution is 2.16. The lowest BCUT2D eigenvalue weighted by molar-refractivity contribution is 0.0951. The summed E-state index contributed by atoms with van der Waals surface area (Å²) in [6.07, 6.45) is 1.53. The molecule has 0 bridgehead atoms. The van der Waals surface area contributed by atoms with E-state index in [0.717, 1.165) is 10.6 Å². The minimum atomic E-state index is -0.188. The highest BCUT2D eigenvalue weighted by molar-refractivity contribution is 7.11. The van der Waals surface area contributed by atoms with Crippen LogP contribution in [0.2, 0.25) is 0 Å². The van der Waals surface area contributed by atoms with Gasteiger partial charge in [-0.25, -0.2) is 0 Å². The van der Waals surface area contributed by atoms with Gasteiger partial charge in [-0.3, -0.25) is 15.6 Å². The minimum Gasteiger partial charge on any atom is -0.347 e. The molecule has 0 saturated heterocycles. The fourth-order valence-electron chi connectivity index (χ4n) is 1.70. The summed E-state index contributed by atoms with van der Waals surface area (Å²) in [5, 5.41) is 2.86. The summed E-state index contributed by atoms with van der Waals surface area (Å²) in [6, 6.07) is 5.78. The standard InChI is InChI=1S/C13H16N4OS/c1-8-5-12(17-14)11(7-15-8)13(18)16-6-10-4-3-9(2)19-10/h3-5,7H,6,14H2,1-2H3,(H,15,17)(H,16,18). The Hall–Kier alpha value is -1.92. The molecule has 4 N–H and O–H groups in total. The van der Waals surface area contributed by atoms with Gasteiger partial charge in [0, 0.05) is 21.6 Å². The van der Waals surface area contributed by atoms with E-state index in [1.165, 1.54) is 11.1 Å². The largest absolute Gasteiger partial charge is 0.347 e. The number of hydrogen-bond acceptors (Lipinski definition) is 5. The molecule has 2 aromatic rings. The second kappa shape index (κ2) is 5.81. The first-order valence-corrected chi connectivity index (χ1v) is 6.68. The van der Waals surface area contributed by atoms with Gasteiger partial charge in [0.15, 0.2) is 0 Å². The van der Waals surface area contributed by atoms with Gasteiger partial charge in [0.1, 0.15) is 0 Å². The van der Waals surface area contributed by atoms with Gasteiger partial charge in [0.05, 0.1) is 17.8 Å². The highest BCUT2D eigenvalue weighted by atomic mass is 32.1. The zero-order valence-electron chi connectivity index (χ0n) is 10.9. The molecule has 2 aromatic heterocycles. The zero-order chi connectivity index (χ0) is 13.8. The summed E-state index contributed by atoms with van der Waals surface area (Å²) in [6.45, 7) is 4.39. The summed E-state index contributed by atoms with van der Waals surface area (Å²) in [4.78, 5) is 18.5. The van der Waals surface area contributed by atoms with Gasteiger partial charge in [0.2, 0.25) is 0 Å². The monoisotopic (exact) mass is 276 g/mol. The number of carbonyl (C=O) groups excluding carboxylic acids is 1. The van der Waals surface area contributed by atoms with Crippen molar-refractivity contribution >= 4 is 22.9 Å². The normalized spacial score (nSPS) is 10.3. The van der Waals surface area contributed by atoms with Gasteiger partial charge in [-0.15, -0.1) is 11.3 Å². The molecule has 6 heteroatoms. The summed E-state index contributed by atoms with van der Waals surface area (Å²) in [5.74, 6) is 5.22. The van der Waals surface area contributed by atoms with Gasteiger partial charge in [-0.05, 0) is 32.0 Å². The van der Waals surface area contributed by atoms with E-state index in [1.54, 1.807) is 17.4 Å². The number of nitrogens with zero attached hydrogens (tertiary/aromatic N) is 1. The van der Waals surface area contributed by atoms with Gasteiger partial charge >= 0.3 is 0 Å². The molecular formula is C13H16N4OS. The molecule has 0 atom stereocenters. The number of thiophene rings is 1. The Morgan fingerprint density at radius 2 is 2.21 bits per heavy atom. The van der Waals surface area contributed by atoms with Crippen molar-refractivity contribution in [2.45, 2.75) is 20.4 Å². The van der Waals surface area contributed by atoms with E-state index in [4.69, 9.17) is 5.84 Å². The molecule has 0 unspecified atom stereocenters. The first-order chi connectivity index (χ1) is 9.10. The molecule has 2 heterocycles. The smallest absolute Gasteiger partial charge is 0.255 e. The second-order valence-electron chi connectivity index (χ2n) is 4.21. The molecule has 5 nitrogen and oxygen atoms in total. The fourth-order valence-corrected chi connectivity index (χ4v) is 2.53. The summed E-state index contributed by atoms with van der Waals surface area (Å²) < 4.78 is 0. The maximum absolute atomic E-state index is 12.1. The Morgan fingerprint density at radius 1 is 1.42 bits per heavy atom. The lowest BCUT2D eigenvalue weighted by Crippen LogP contribution is -2.24. The Labute approximate surface area is 115 Å². The molecule has 0 radical (unpaired) electrons. The van der Waals surface area contributed by atoms with Crippen molar-refractivity contribution in [3.63, 3.8) is 0 Å². The molecule has 0 aliphatic heterocycles. The average Bonchev–Trinajstić information content (AvgIpc) is 2.81. The van der Waals surface area contributed by atoms with Crippen molar-refractivity contribution in [2.75, 3.05) is 5.43 Å². The molecule has 0 saturated carbocycles. The number of nitrogens with one attached hydrogen (secondary N) is 2. The quantitative estimate of drug-likeness (QED) is 0.589. The van der Waals surface area contributed by atoms with Gasteiger partial charge in [-0.1, -0.05) is 0 Å². The number of anilines is 1. The topological polar surface area (TPSA) is 80.0 Å². The summed E-state index contributed by atoms with van der Waals surface area (Å²) >= 11 is 1.67. The molecule has 0 fully saturated rings. The third-order valence-corrected chi connectivity index (χ3v) is 3.66. The maximum atomic E-state index is 12.1. The van der Waals surface area contributed by atoms with Crippen molar-refractivity contribution in [1.29, 1.82) is 0 Å². The Bertz CT molecular complexity index is 594. The Kier molecular flexibility index (Phi) is 4.13. The van der Waals surface area contributed by atoms with Crippen LogP contribution < -0.4 is 16.6 Å². The van der Waals surface area contributed by atoms with Gasteiger partial charge in [-0.2, -0.15) is 0 Å². The second-order valence-corrected chi connectivity index (χ2v) is 5.58. The van der Waals surface area contributed by atoms with Crippen LogP contribution in [0.4, 0.5) is 5.69 Å². The first kappa shape index (κ1) is 13.5.